The summed E-state index contributed by atoms with van der Waals surface area (Å²) in [5, 5.41) is 18.0. The number of nitrogens with one attached hydrogen (secondary N) is 1. The minimum absolute atomic E-state index is 0.298. The summed E-state index contributed by atoms with van der Waals surface area (Å²) in [6.45, 7) is 12.8. The molecule has 2 aliphatic rings. The van der Waals surface area contributed by atoms with Crippen LogP contribution in [0.25, 0.3) is 34.0 Å². The molecule has 9 heteroatoms. The fourth-order valence-corrected chi connectivity index (χ4v) is 5.23. The van der Waals surface area contributed by atoms with E-state index in [1.165, 1.54) is 0 Å². The summed E-state index contributed by atoms with van der Waals surface area (Å²) >= 11 is 0. The van der Waals surface area contributed by atoms with Crippen LogP contribution < -0.4 is 10.2 Å². The van der Waals surface area contributed by atoms with Crippen LogP contribution in [-0.2, 0) is 4.74 Å². The lowest BCUT2D eigenvalue weighted by atomic mass is 9.98. The quantitative estimate of drug-likeness (QED) is 0.306. The number of fused-ring (bicyclic) bond motifs is 2. The SMILES string of the molecule is CC.CC(C)(C)OC(=O)N1CCN(c2ccc(-c3cnc4c(-c5cccc6c5C=CCN6)cnn4c3)cc2C#N)CC1. The van der Waals surface area contributed by atoms with E-state index in [4.69, 9.17) is 9.72 Å². The van der Waals surface area contributed by atoms with E-state index < -0.39 is 5.60 Å². The monoisotopic (exact) mass is 563 g/mol. The Labute approximate surface area is 247 Å². The van der Waals surface area contributed by atoms with E-state index in [-0.39, 0.29) is 6.09 Å². The van der Waals surface area contributed by atoms with Gasteiger partial charge in [0, 0.05) is 67.5 Å². The number of carbonyl (C=O) groups is 1. The first-order chi connectivity index (χ1) is 20.3. The van der Waals surface area contributed by atoms with Crippen molar-refractivity contribution in [3.63, 3.8) is 0 Å². The summed E-state index contributed by atoms with van der Waals surface area (Å²) in [6.07, 6.45) is 9.59. The summed E-state index contributed by atoms with van der Waals surface area (Å²) in [4.78, 5) is 21.1. The first-order valence-corrected chi connectivity index (χ1v) is 14.5. The molecule has 0 bridgehead atoms. The van der Waals surface area contributed by atoms with Crippen LogP contribution in [0.1, 0.15) is 45.7 Å². The lowest BCUT2D eigenvalue weighted by Gasteiger charge is -2.37. The molecular formula is C33H37N7O2. The number of nitrogens with zero attached hydrogens (tertiary/aromatic N) is 6. The molecule has 2 aromatic heterocycles. The highest BCUT2D eigenvalue weighted by Crippen LogP contribution is 2.35. The van der Waals surface area contributed by atoms with Gasteiger partial charge in [-0.3, -0.25) is 0 Å². The normalized spacial score (nSPS) is 14.4. The van der Waals surface area contributed by atoms with Gasteiger partial charge in [-0.15, -0.1) is 0 Å². The molecule has 9 nitrogen and oxygen atoms in total. The van der Waals surface area contributed by atoms with E-state index >= 15 is 0 Å². The average Bonchev–Trinajstić information content (AvgIpc) is 3.44. The second kappa shape index (κ2) is 12.0. The van der Waals surface area contributed by atoms with Crippen LogP contribution in [-0.4, -0.2) is 63.9 Å². The van der Waals surface area contributed by atoms with Gasteiger partial charge in [0.25, 0.3) is 0 Å². The third-order valence-corrected chi connectivity index (χ3v) is 7.17. The smallest absolute Gasteiger partial charge is 0.410 e. The Bertz CT molecular complexity index is 1670. The maximum absolute atomic E-state index is 12.4. The van der Waals surface area contributed by atoms with Gasteiger partial charge in [0.2, 0.25) is 0 Å². The zero-order chi connectivity index (χ0) is 29.9. The molecule has 6 rings (SSSR count). The highest BCUT2D eigenvalue weighted by molar-refractivity contribution is 5.89. The minimum Gasteiger partial charge on any atom is -0.444 e. The molecular weight excluding hydrogens is 526 g/mol. The number of amides is 1. The first kappa shape index (κ1) is 28.7. The Morgan fingerprint density at radius 1 is 1.02 bits per heavy atom. The van der Waals surface area contributed by atoms with Crippen LogP contribution in [0.15, 0.2) is 61.1 Å². The van der Waals surface area contributed by atoms with Crippen LogP contribution in [0.4, 0.5) is 16.2 Å². The molecule has 2 aliphatic heterocycles. The largest absolute Gasteiger partial charge is 0.444 e. The Hall–Kier alpha value is -4.84. The van der Waals surface area contributed by atoms with Crippen molar-refractivity contribution in [1.82, 2.24) is 19.5 Å². The Morgan fingerprint density at radius 2 is 1.81 bits per heavy atom. The molecule has 0 saturated carbocycles. The number of hydrogen-bond acceptors (Lipinski definition) is 7. The molecule has 4 aromatic rings. The predicted molar refractivity (Wildman–Crippen MR) is 167 cm³/mol. The highest BCUT2D eigenvalue weighted by atomic mass is 16.6. The van der Waals surface area contributed by atoms with Crippen molar-refractivity contribution in [3.8, 4) is 28.3 Å². The van der Waals surface area contributed by atoms with Crippen LogP contribution in [0.5, 0.6) is 0 Å². The van der Waals surface area contributed by atoms with Crippen molar-refractivity contribution >= 4 is 29.2 Å². The summed E-state index contributed by atoms with van der Waals surface area (Å²) in [5.74, 6) is 0. The van der Waals surface area contributed by atoms with Crippen molar-refractivity contribution in [1.29, 1.82) is 5.26 Å². The number of anilines is 2. The maximum Gasteiger partial charge on any atom is 0.410 e. The lowest BCUT2D eigenvalue weighted by Crippen LogP contribution is -2.50. The van der Waals surface area contributed by atoms with Gasteiger partial charge >= 0.3 is 6.09 Å². The number of piperazine rings is 1. The van der Waals surface area contributed by atoms with Gasteiger partial charge in [-0.1, -0.05) is 44.2 Å². The van der Waals surface area contributed by atoms with Gasteiger partial charge in [-0.25, -0.2) is 14.3 Å². The van der Waals surface area contributed by atoms with Crippen molar-refractivity contribution in [2.45, 2.75) is 40.2 Å². The molecule has 1 fully saturated rings. The molecule has 0 unspecified atom stereocenters. The summed E-state index contributed by atoms with van der Waals surface area (Å²) < 4.78 is 7.30. The van der Waals surface area contributed by atoms with Crippen LogP contribution in [0.3, 0.4) is 0 Å². The second-order valence-electron chi connectivity index (χ2n) is 11.0. The molecule has 0 atom stereocenters. The Morgan fingerprint density at radius 3 is 2.55 bits per heavy atom. The molecule has 0 spiro atoms. The van der Waals surface area contributed by atoms with E-state index in [1.807, 2.05) is 77.5 Å². The van der Waals surface area contributed by atoms with E-state index in [1.54, 1.807) is 9.42 Å². The van der Waals surface area contributed by atoms with Gasteiger partial charge in [0.1, 0.15) is 11.7 Å². The van der Waals surface area contributed by atoms with Crippen molar-refractivity contribution in [2.24, 2.45) is 0 Å². The third kappa shape index (κ3) is 5.79. The van der Waals surface area contributed by atoms with Gasteiger partial charge < -0.3 is 19.9 Å². The topological polar surface area (TPSA) is 98.8 Å². The Kier molecular flexibility index (Phi) is 8.16. The zero-order valence-corrected chi connectivity index (χ0v) is 24.9. The summed E-state index contributed by atoms with van der Waals surface area (Å²) in [7, 11) is 0. The van der Waals surface area contributed by atoms with E-state index in [0.29, 0.717) is 31.7 Å². The highest BCUT2D eigenvalue weighted by Gasteiger charge is 2.27. The molecule has 4 heterocycles. The standard InChI is InChI=1S/C31H31N7O2.C2H6/c1-31(2,3)40-30(39)37-14-12-36(13-15-37)28-10-9-21(16-22(28)17-32)23-18-34-29-26(19-35-38(29)20-23)24-6-4-8-27-25(24)7-5-11-33-27;1-2/h4-10,16,18-20,33H,11-15H2,1-3H3;1-2H3. The fraction of sp³-hybridized carbons (Fsp3) is 0.333. The van der Waals surface area contributed by atoms with Crippen molar-refractivity contribution in [2.75, 3.05) is 42.9 Å². The number of aromatic nitrogens is 3. The van der Waals surface area contributed by atoms with Gasteiger partial charge in [0.05, 0.1) is 17.4 Å². The predicted octanol–water partition coefficient (Wildman–Crippen LogP) is 6.46. The Balaban J connectivity index is 0.00000173. The number of nitriles is 1. The molecule has 1 N–H and O–H groups in total. The number of hydrogen-bond donors (Lipinski definition) is 1. The molecule has 216 valence electrons. The number of benzene rings is 2. The maximum atomic E-state index is 12.4. The molecule has 0 aliphatic carbocycles. The second-order valence-corrected chi connectivity index (χ2v) is 11.0. The van der Waals surface area contributed by atoms with Crippen molar-refractivity contribution in [3.05, 3.63) is 72.2 Å². The number of ether oxygens (including phenoxy) is 1. The van der Waals surface area contributed by atoms with Gasteiger partial charge in [-0.05, 0) is 50.1 Å². The third-order valence-electron chi connectivity index (χ3n) is 7.17. The molecule has 0 radical (unpaired) electrons. The van der Waals surface area contributed by atoms with E-state index in [9.17, 15) is 10.1 Å². The van der Waals surface area contributed by atoms with E-state index in [2.05, 4.69) is 45.7 Å². The van der Waals surface area contributed by atoms with Crippen LogP contribution in [0, 0.1) is 11.3 Å². The van der Waals surface area contributed by atoms with Crippen LogP contribution >= 0.6 is 0 Å². The minimum atomic E-state index is -0.524. The summed E-state index contributed by atoms with van der Waals surface area (Å²) in [5.41, 5.74) is 7.75. The first-order valence-electron chi connectivity index (χ1n) is 14.5. The molecule has 42 heavy (non-hydrogen) atoms. The average molecular weight is 564 g/mol. The molecule has 1 amide bonds. The number of carbonyl (C=O) groups excluding carboxylic acids is 1. The lowest BCUT2D eigenvalue weighted by molar-refractivity contribution is 0.0240. The van der Waals surface area contributed by atoms with Gasteiger partial charge in [0.15, 0.2) is 5.65 Å². The zero-order valence-electron chi connectivity index (χ0n) is 24.9. The number of rotatable bonds is 3. The van der Waals surface area contributed by atoms with Gasteiger partial charge in [-0.2, -0.15) is 10.4 Å². The molecule has 2 aromatic carbocycles. The van der Waals surface area contributed by atoms with E-state index in [0.717, 1.165) is 51.4 Å². The van der Waals surface area contributed by atoms with Crippen molar-refractivity contribution < 1.29 is 9.53 Å². The fourth-order valence-electron chi connectivity index (χ4n) is 5.23. The summed E-state index contributed by atoms with van der Waals surface area (Å²) in [6, 6.07) is 14.5. The molecule has 1 saturated heterocycles. The van der Waals surface area contributed by atoms with Crippen LogP contribution in [0.2, 0.25) is 0 Å².